The van der Waals surface area contributed by atoms with Gasteiger partial charge in [0.25, 0.3) is 0 Å². The molecular formula is C16H23ClN2O. The second-order valence-electron chi connectivity index (χ2n) is 5.78. The number of nitrogens with zero attached hydrogens (tertiary/aromatic N) is 1. The van der Waals surface area contributed by atoms with Crippen molar-refractivity contribution >= 4 is 18.3 Å². The summed E-state index contributed by atoms with van der Waals surface area (Å²) in [5.74, 6) is 0.427. The van der Waals surface area contributed by atoms with Crippen molar-refractivity contribution in [3.05, 3.63) is 35.4 Å². The summed E-state index contributed by atoms with van der Waals surface area (Å²) in [5.41, 5.74) is 2.64. The number of rotatable bonds is 1. The Bertz CT molecular complexity index is 477. The highest BCUT2D eigenvalue weighted by Gasteiger charge is 2.31. The highest BCUT2D eigenvalue weighted by atomic mass is 35.5. The number of carbonyl (C=O) groups excluding carboxylic acids is 1. The standard InChI is InChI=1S/C16H22N2O.ClH/c1-12-11-18(10-9-17-12)16(19)15-8-4-6-13-5-2-3-7-14(13)15;/h2-3,5,7,12,15,17H,4,6,8-11H2,1H3;1H/t12-,15?;/m0./s1. The van der Waals surface area contributed by atoms with Gasteiger partial charge in [-0.3, -0.25) is 4.79 Å². The summed E-state index contributed by atoms with van der Waals surface area (Å²) in [6.45, 7) is 4.76. The lowest BCUT2D eigenvalue weighted by Gasteiger charge is -2.36. The number of carbonyl (C=O) groups is 1. The van der Waals surface area contributed by atoms with Crippen LogP contribution in [-0.2, 0) is 11.2 Å². The summed E-state index contributed by atoms with van der Waals surface area (Å²) in [6.07, 6.45) is 3.27. The minimum absolute atomic E-state index is 0. The fraction of sp³-hybridized carbons (Fsp3) is 0.562. The first-order chi connectivity index (χ1) is 9.25. The molecule has 1 aromatic carbocycles. The van der Waals surface area contributed by atoms with Crippen molar-refractivity contribution < 1.29 is 4.79 Å². The van der Waals surface area contributed by atoms with Gasteiger partial charge in [0.05, 0.1) is 5.92 Å². The van der Waals surface area contributed by atoms with Gasteiger partial charge in [0.2, 0.25) is 5.91 Å². The first kappa shape index (κ1) is 15.3. The predicted molar refractivity (Wildman–Crippen MR) is 83.4 cm³/mol. The number of benzene rings is 1. The Morgan fingerprint density at radius 1 is 1.35 bits per heavy atom. The number of amides is 1. The summed E-state index contributed by atoms with van der Waals surface area (Å²) in [5, 5.41) is 3.39. The second kappa shape index (κ2) is 6.59. The molecule has 4 heteroatoms. The van der Waals surface area contributed by atoms with Crippen molar-refractivity contribution in [1.29, 1.82) is 0 Å². The Kier molecular flexibility index (Phi) is 5.06. The van der Waals surface area contributed by atoms with E-state index in [0.717, 1.165) is 38.9 Å². The summed E-state index contributed by atoms with van der Waals surface area (Å²) in [4.78, 5) is 14.8. The Labute approximate surface area is 127 Å². The van der Waals surface area contributed by atoms with E-state index in [-0.39, 0.29) is 18.3 Å². The average molecular weight is 295 g/mol. The summed E-state index contributed by atoms with van der Waals surface area (Å²) < 4.78 is 0. The van der Waals surface area contributed by atoms with Gasteiger partial charge < -0.3 is 10.2 Å². The number of nitrogens with one attached hydrogen (secondary N) is 1. The van der Waals surface area contributed by atoms with Gasteiger partial charge in [-0.1, -0.05) is 24.3 Å². The molecule has 1 heterocycles. The van der Waals surface area contributed by atoms with Gasteiger partial charge in [-0.2, -0.15) is 0 Å². The Morgan fingerprint density at radius 3 is 2.95 bits per heavy atom. The van der Waals surface area contributed by atoms with Crippen LogP contribution in [0.1, 0.15) is 36.8 Å². The average Bonchev–Trinajstić information content (AvgIpc) is 2.46. The Hall–Kier alpha value is -1.06. The first-order valence-corrected chi connectivity index (χ1v) is 7.35. The van der Waals surface area contributed by atoms with E-state index in [0.29, 0.717) is 11.9 Å². The van der Waals surface area contributed by atoms with E-state index in [2.05, 4.69) is 36.5 Å². The molecule has 1 aliphatic carbocycles. The van der Waals surface area contributed by atoms with E-state index >= 15 is 0 Å². The third-order valence-corrected chi connectivity index (χ3v) is 4.35. The number of piperazine rings is 1. The maximum Gasteiger partial charge on any atom is 0.230 e. The minimum atomic E-state index is 0. The zero-order chi connectivity index (χ0) is 13.2. The SMILES string of the molecule is C[C@H]1CN(C(=O)C2CCCc3ccccc32)CCN1.Cl. The number of hydrogen-bond acceptors (Lipinski definition) is 2. The molecule has 0 radical (unpaired) electrons. The van der Waals surface area contributed by atoms with Crippen molar-refractivity contribution in [3.63, 3.8) is 0 Å². The molecule has 1 unspecified atom stereocenters. The molecule has 1 N–H and O–H groups in total. The van der Waals surface area contributed by atoms with Crippen molar-refractivity contribution in [2.75, 3.05) is 19.6 Å². The zero-order valence-corrected chi connectivity index (χ0v) is 12.8. The van der Waals surface area contributed by atoms with E-state index in [1.165, 1.54) is 11.1 Å². The Balaban J connectivity index is 0.00000147. The maximum absolute atomic E-state index is 12.8. The molecule has 2 aliphatic rings. The van der Waals surface area contributed by atoms with E-state index in [1.807, 2.05) is 4.90 Å². The predicted octanol–water partition coefficient (Wildman–Crippen LogP) is 2.35. The van der Waals surface area contributed by atoms with Crippen LogP contribution < -0.4 is 5.32 Å². The van der Waals surface area contributed by atoms with Crippen molar-refractivity contribution in [3.8, 4) is 0 Å². The van der Waals surface area contributed by atoms with Crippen LogP contribution in [0.4, 0.5) is 0 Å². The van der Waals surface area contributed by atoms with Crippen LogP contribution in [0.3, 0.4) is 0 Å². The van der Waals surface area contributed by atoms with Crippen LogP contribution in [0.5, 0.6) is 0 Å². The molecule has 2 atom stereocenters. The molecule has 1 amide bonds. The van der Waals surface area contributed by atoms with Gasteiger partial charge in [-0.25, -0.2) is 0 Å². The molecule has 3 nitrogen and oxygen atoms in total. The summed E-state index contributed by atoms with van der Waals surface area (Å²) >= 11 is 0. The topological polar surface area (TPSA) is 32.3 Å². The molecule has 0 bridgehead atoms. The lowest BCUT2D eigenvalue weighted by molar-refractivity contribution is -0.134. The highest BCUT2D eigenvalue weighted by molar-refractivity contribution is 5.85. The monoisotopic (exact) mass is 294 g/mol. The fourth-order valence-corrected chi connectivity index (χ4v) is 3.36. The zero-order valence-electron chi connectivity index (χ0n) is 12.0. The molecule has 1 aliphatic heterocycles. The summed E-state index contributed by atoms with van der Waals surface area (Å²) in [7, 11) is 0. The van der Waals surface area contributed by atoms with Crippen LogP contribution in [0.15, 0.2) is 24.3 Å². The molecule has 1 saturated heterocycles. The van der Waals surface area contributed by atoms with Crippen molar-refractivity contribution in [2.45, 2.75) is 38.1 Å². The van der Waals surface area contributed by atoms with E-state index in [4.69, 9.17) is 0 Å². The molecule has 0 spiro atoms. The fourth-order valence-electron chi connectivity index (χ4n) is 3.36. The third-order valence-electron chi connectivity index (χ3n) is 4.35. The normalized spacial score (nSPS) is 25.6. The van der Waals surface area contributed by atoms with Crippen LogP contribution in [0.25, 0.3) is 0 Å². The molecule has 0 saturated carbocycles. The van der Waals surface area contributed by atoms with Gasteiger partial charge in [0.1, 0.15) is 0 Å². The molecule has 110 valence electrons. The lowest BCUT2D eigenvalue weighted by atomic mass is 9.82. The third kappa shape index (κ3) is 2.99. The van der Waals surface area contributed by atoms with Crippen LogP contribution in [-0.4, -0.2) is 36.5 Å². The number of hydrogen-bond donors (Lipinski definition) is 1. The first-order valence-electron chi connectivity index (χ1n) is 7.35. The van der Waals surface area contributed by atoms with Crippen LogP contribution in [0, 0.1) is 0 Å². The quantitative estimate of drug-likeness (QED) is 0.862. The second-order valence-corrected chi connectivity index (χ2v) is 5.78. The van der Waals surface area contributed by atoms with Gasteiger partial charge in [0.15, 0.2) is 0 Å². The van der Waals surface area contributed by atoms with Crippen molar-refractivity contribution in [2.24, 2.45) is 0 Å². The van der Waals surface area contributed by atoms with Crippen LogP contribution in [0.2, 0.25) is 0 Å². The summed E-state index contributed by atoms with van der Waals surface area (Å²) in [6, 6.07) is 8.87. The number of fused-ring (bicyclic) bond motifs is 1. The Morgan fingerprint density at radius 2 is 2.15 bits per heavy atom. The molecule has 3 rings (SSSR count). The van der Waals surface area contributed by atoms with E-state index in [9.17, 15) is 4.79 Å². The molecule has 1 aromatic rings. The smallest absolute Gasteiger partial charge is 0.230 e. The molecule has 0 aromatic heterocycles. The maximum atomic E-state index is 12.8. The minimum Gasteiger partial charge on any atom is -0.339 e. The lowest BCUT2D eigenvalue weighted by Crippen LogP contribution is -2.52. The largest absolute Gasteiger partial charge is 0.339 e. The molecule has 20 heavy (non-hydrogen) atoms. The van der Waals surface area contributed by atoms with Gasteiger partial charge in [0, 0.05) is 25.7 Å². The van der Waals surface area contributed by atoms with Crippen LogP contribution >= 0.6 is 12.4 Å². The van der Waals surface area contributed by atoms with Gasteiger partial charge in [-0.15, -0.1) is 12.4 Å². The number of aryl methyl sites for hydroxylation is 1. The van der Waals surface area contributed by atoms with E-state index in [1.54, 1.807) is 0 Å². The number of halogens is 1. The van der Waals surface area contributed by atoms with Gasteiger partial charge in [-0.05, 0) is 37.3 Å². The van der Waals surface area contributed by atoms with Crippen molar-refractivity contribution in [1.82, 2.24) is 10.2 Å². The molecule has 1 fully saturated rings. The molecular weight excluding hydrogens is 272 g/mol. The van der Waals surface area contributed by atoms with E-state index < -0.39 is 0 Å². The van der Waals surface area contributed by atoms with Gasteiger partial charge >= 0.3 is 0 Å². The highest BCUT2D eigenvalue weighted by Crippen LogP contribution is 2.33.